The third-order valence-corrected chi connectivity index (χ3v) is 2.15. The van der Waals surface area contributed by atoms with Crippen molar-refractivity contribution in [1.82, 2.24) is 14.9 Å². The third kappa shape index (κ3) is 2.72. The van der Waals surface area contributed by atoms with Gasteiger partial charge in [0.25, 0.3) is 5.56 Å². The molecule has 0 aromatic carbocycles. The van der Waals surface area contributed by atoms with Gasteiger partial charge in [-0.05, 0) is 0 Å². The van der Waals surface area contributed by atoms with Crippen molar-refractivity contribution < 1.29 is 0 Å². The topological polar surface area (TPSA) is 107 Å². The molecule has 0 fully saturated rings. The van der Waals surface area contributed by atoms with Crippen molar-refractivity contribution in [1.29, 1.82) is 0 Å². The fraction of sp³-hybridized carbons (Fsp3) is 0.375. The first kappa shape index (κ1) is 12.5. The molecule has 2 heterocycles. The molecule has 2 rings (SSSR count). The second kappa shape index (κ2) is 4.97. The minimum Gasteiger partial charge on any atom is -0.370 e. The molecule has 7 nitrogen and oxygen atoms in total. The van der Waals surface area contributed by atoms with Crippen LogP contribution in [0.25, 0.3) is 0 Å². The monoisotopic (exact) mass is 289 g/mol. The molecule has 0 spiro atoms. The van der Waals surface area contributed by atoms with Crippen LogP contribution in [0.3, 0.4) is 0 Å². The number of nitrogens with zero attached hydrogens (tertiary/aromatic N) is 2. The molecule has 0 aliphatic carbocycles. The van der Waals surface area contributed by atoms with Gasteiger partial charge in [0, 0.05) is 18.3 Å². The molecule has 0 radical (unpaired) electrons. The van der Waals surface area contributed by atoms with Gasteiger partial charge in [-0.25, -0.2) is 4.79 Å². The molecule has 0 unspecified atom stereocenters. The molecule has 0 saturated heterocycles. The van der Waals surface area contributed by atoms with Gasteiger partial charge in [-0.1, -0.05) is 0 Å². The van der Waals surface area contributed by atoms with Gasteiger partial charge in [-0.3, -0.25) is 14.8 Å². The van der Waals surface area contributed by atoms with Gasteiger partial charge in [0.05, 0.1) is 13.1 Å². The number of nitrogens with one attached hydrogen (secondary N) is 2. The van der Waals surface area contributed by atoms with Gasteiger partial charge in [0.1, 0.15) is 0 Å². The Hall–Kier alpha value is -1.57. The van der Waals surface area contributed by atoms with E-state index in [1.54, 1.807) is 4.90 Å². The maximum atomic E-state index is 11.0. The van der Waals surface area contributed by atoms with Crippen LogP contribution in [0.1, 0.15) is 5.69 Å². The summed E-state index contributed by atoms with van der Waals surface area (Å²) in [6, 6.07) is 1.34. The Morgan fingerprint density at radius 2 is 2.19 bits per heavy atom. The normalized spacial score (nSPS) is 14.5. The lowest BCUT2D eigenvalue weighted by atomic mass is 10.3. The number of rotatable bonds is 2. The van der Waals surface area contributed by atoms with E-state index in [-0.39, 0.29) is 17.0 Å². The van der Waals surface area contributed by atoms with Crippen molar-refractivity contribution in [3.05, 3.63) is 32.6 Å². The summed E-state index contributed by atoms with van der Waals surface area (Å²) < 4.78 is 0. The van der Waals surface area contributed by atoms with Gasteiger partial charge >= 0.3 is 5.69 Å². The van der Waals surface area contributed by atoms with Crippen molar-refractivity contribution in [2.24, 2.45) is 10.7 Å². The molecule has 1 aliphatic rings. The minimum absolute atomic E-state index is 0. The smallest absolute Gasteiger partial charge is 0.325 e. The van der Waals surface area contributed by atoms with Crippen molar-refractivity contribution in [3.63, 3.8) is 0 Å². The first-order chi connectivity index (χ1) is 7.15. The van der Waals surface area contributed by atoms with Crippen LogP contribution in [0, 0.1) is 0 Å². The average molecular weight is 290 g/mol. The molecular weight excluding hydrogens is 278 g/mol. The summed E-state index contributed by atoms with van der Waals surface area (Å²) in [7, 11) is 0. The Bertz CT molecular complexity index is 477. The second-order valence-electron chi connectivity index (χ2n) is 3.27. The molecular formula is C8H12BrN5O2. The number of halogens is 1. The number of H-pyrrole nitrogens is 2. The van der Waals surface area contributed by atoms with E-state index in [1.807, 2.05) is 0 Å². The second-order valence-corrected chi connectivity index (χ2v) is 3.27. The van der Waals surface area contributed by atoms with Crippen LogP contribution in [-0.4, -0.2) is 33.9 Å². The molecule has 0 bridgehead atoms. The van der Waals surface area contributed by atoms with Gasteiger partial charge < -0.3 is 15.6 Å². The lowest BCUT2D eigenvalue weighted by Gasteiger charge is -2.16. The van der Waals surface area contributed by atoms with Crippen LogP contribution in [0.4, 0.5) is 0 Å². The van der Waals surface area contributed by atoms with E-state index < -0.39 is 11.2 Å². The molecule has 1 aromatic heterocycles. The molecule has 0 saturated carbocycles. The van der Waals surface area contributed by atoms with Crippen LogP contribution >= 0.6 is 17.0 Å². The highest BCUT2D eigenvalue weighted by Crippen LogP contribution is 2.02. The van der Waals surface area contributed by atoms with E-state index in [1.165, 1.54) is 6.07 Å². The van der Waals surface area contributed by atoms with E-state index in [2.05, 4.69) is 15.0 Å². The molecule has 16 heavy (non-hydrogen) atoms. The number of guanidine groups is 1. The van der Waals surface area contributed by atoms with Crippen LogP contribution in [-0.2, 0) is 6.54 Å². The highest BCUT2D eigenvalue weighted by molar-refractivity contribution is 8.93. The van der Waals surface area contributed by atoms with Crippen LogP contribution in [0.2, 0.25) is 0 Å². The summed E-state index contributed by atoms with van der Waals surface area (Å²) in [5.74, 6) is 0.441. The lowest BCUT2D eigenvalue weighted by molar-refractivity contribution is 0.440. The summed E-state index contributed by atoms with van der Waals surface area (Å²) in [6.07, 6.45) is 0. The molecule has 8 heteroatoms. The number of nitrogens with two attached hydrogens (primary N) is 1. The van der Waals surface area contributed by atoms with E-state index in [0.717, 1.165) is 0 Å². The molecule has 4 N–H and O–H groups in total. The van der Waals surface area contributed by atoms with Crippen molar-refractivity contribution >= 4 is 22.9 Å². The quantitative estimate of drug-likeness (QED) is 0.634. The maximum absolute atomic E-state index is 11.0. The highest BCUT2D eigenvalue weighted by atomic mass is 79.9. The molecule has 1 aromatic rings. The van der Waals surface area contributed by atoms with Crippen molar-refractivity contribution in [2.75, 3.05) is 13.1 Å². The van der Waals surface area contributed by atoms with E-state index in [4.69, 9.17) is 5.73 Å². The third-order valence-electron chi connectivity index (χ3n) is 2.15. The van der Waals surface area contributed by atoms with Crippen LogP contribution in [0.5, 0.6) is 0 Å². The maximum Gasteiger partial charge on any atom is 0.325 e. The SMILES string of the molecule is Br.NC1=NCCN1Cc1cc(=O)[nH]c(=O)[nH]1. The van der Waals surface area contributed by atoms with Crippen molar-refractivity contribution in [2.45, 2.75) is 6.54 Å². The predicted molar refractivity (Wildman–Crippen MR) is 64.9 cm³/mol. The van der Waals surface area contributed by atoms with Crippen LogP contribution < -0.4 is 17.0 Å². The number of aromatic nitrogens is 2. The zero-order valence-electron chi connectivity index (χ0n) is 8.40. The number of aliphatic imine (C=N–C) groups is 1. The summed E-state index contributed by atoms with van der Waals surface area (Å²) >= 11 is 0. The van der Waals surface area contributed by atoms with E-state index in [9.17, 15) is 9.59 Å². The largest absolute Gasteiger partial charge is 0.370 e. The predicted octanol–water partition coefficient (Wildman–Crippen LogP) is -1.23. The summed E-state index contributed by atoms with van der Waals surface area (Å²) in [6.45, 7) is 1.76. The van der Waals surface area contributed by atoms with Gasteiger partial charge in [0.15, 0.2) is 5.96 Å². The summed E-state index contributed by atoms with van der Waals surface area (Å²) in [5.41, 5.74) is 5.21. The Morgan fingerprint density at radius 1 is 1.44 bits per heavy atom. The molecule has 1 aliphatic heterocycles. The highest BCUT2D eigenvalue weighted by Gasteiger charge is 2.14. The molecule has 0 amide bonds. The summed E-state index contributed by atoms with van der Waals surface area (Å²) in [4.78, 5) is 32.4. The van der Waals surface area contributed by atoms with E-state index >= 15 is 0 Å². The standard InChI is InChI=1S/C8H11N5O2.BrH/c9-7-10-1-2-13(7)4-5-3-6(14)12-8(15)11-5;/h3H,1-2,4H2,(H2,9,10)(H2,11,12,14,15);1H. The lowest BCUT2D eigenvalue weighted by Crippen LogP contribution is -2.35. The van der Waals surface area contributed by atoms with Gasteiger partial charge in [0.2, 0.25) is 0 Å². The first-order valence-corrected chi connectivity index (χ1v) is 4.52. The zero-order valence-corrected chi connectivity index (χ0v) is 10.1. The van der Waals surface area contributed by atoms with Gasteiger partial charge in [-0.2, -0.15) is 0 Å². The summed E-state index contributed by atoms with van der Waals surface area (Å²) in [5, 5.41) is 0. The van der Waals surface area contributed by atoms with E-state index in [0.29, 0.717) is 31.3 Å². The average Bonchev–Trinajstić information content (AvgIpc) is 2.50. The fourth-order valence-corrected chi connectivity index (χ4v) is 1.47. The first-order valence-electron chi connectivity index (χ1n) is 4.52. The fourth-order valence-electron chi connectivity index (χ4n) is 1.47. The Morgan fingerprint density at radius 3 is 2.75 bits per heavy atom. The van der Waals surface area contributed by atoms with Crippen LogP contribution in [0.15, 0.2) is 20.6 Å². The van der Waals surface area contributed by atoms with Gasteiger partial charge in [-0.15, -0.1) is 17.0 Å². The number of hydrogen-bond acceptors (Lipinski definition) is 5. The molecule has 0 atom stereocenters. The minimum atomic E-state index is -0.507. The zero-order chi connectivity index (χ0) is 10.8. The Kier molecular flexibility index (Phi) is 3.88. The Labute approximate surface area is 101 Å². The van der Waals surface area contributed by atoms with Crippen molar-refractivity contribution in [3.8, 4) is 0 Å². The Balaban J connectivity index is 0.00000128. The number of hydrogen-bond donors (Lipinski definition) is 3. The number of aromatic amines is 2. The molecule has 88 valence electrons.